The van der Waals surface area contributed by atoms with E-state index in [1.807, 2.05) is 32.8 Å². The number of benzene rings is 1. The molecule has 17 heteroatoms. The van der Waals surface area contributed by atoms with Gasteiger partial charge in [0.15, 0.2) is 17.7 Å². The molecule has 2 aromatic rings. The number of likely N-dealkylation sites (N-methyl/N-ethyl adjacent to an activating group) is 1. The highest BCUT2D eigenvalue weighted by atomic mass is 16.7. The number of aliphatic imine (C=N–C) groups is 1. The lowest BCUT2D eigenvalue weighted by molar-refractivity contribution is -0.296. The van der Waals surface area contributed by atoms with Gasteiger partial charge in [0.25, 0.3) is 0 Å². The van der Waals surface area contributed by atoms with Crippen LogP contribution in [0.3, 0.4) is 0 Å². The Hall–Kier alpha value is -3.84. The quantitative estimate of drug-likeness (QED) is 0.216. The molecule has 0 spiro atoms. The van der Waals surface area contributed by atoms with E-state index in [-0.39, 0.29) is 56.6 Å². The van der Waals surface area contributed by atoms with Crippen molar-refractivity contribution in [1.82, 2.24) is 9.88 Å². The Bertz CT molecular complexity index is 1900. The van der Waals surface area contributed by atoms with Crippen LogP contribution in [0.25, 0.3) is 11.1 Å². The van der Waals surface area contributed by atoms with Crippen LogP contribution in [0.15, 0.2) is 32.8 Å². The third-order valence-corrected chi connectivity index (χ3v) is 12.2. The summed E-state index contributed by atoms with van der Waals surface area (Å²) in [7, 11) is 5.19. The van der Waals surface area contributed by atoms with Gasteiger partial charge in [-0.25, -0.2) is 4.99 Å². The lowest BCUT2D eigenvalue weighted by Crippen LogP contribution is -2.60. The lowest BCUT2D eigenvalue weighted by Gasteiger charge is -2.47. The van der Waals surface area contributed by atoms with E-state index in [4.69, 9.17) is 37.7 Å². The number of aliphatic hydroxyl groups is 2. The number of cyclic esters (lactones) is 1. The first-order valence-corrected chi connectivity index (χ1v) is 20.8. The van der Waals surface area contributed by atoms with Crippen LogP contribution in [-0.2, 0) is 49.5 Å². The molecule has 0 radical (unpaired) electrons. The minimum atomic E-state index is -1.86. The normalized spacial score (nSPS) is 37.7. The van der Waals surface area contributed by atoms with E-state index in [9.17, 15) is 24.6 Å². The van der Waals surface area contributed by atoms with Crippen molar-refractivity contribution < 1.29 is 62.3 Å². The minimum Gasteiger partial charge on any atom is -0.459 e. The number of amides is 1. The molecule has 3 fully saturated rings. The van der Waals surface area contributed by atoms with E-state index < -0.39 is 83.2 Å². The number of nitrogens with zero attached hydrogens (tertiary/aromatic N) is 4. The zero-order valence-corrected chi connectivity index (χ0v) is 37.0. The molecule has 60 heavy (non-hydrogen) atoms. The fourth-order valence-corrected chi connectivity index (χ4v) is 8.93. The summed E-state index contributed by atoms with van der Waals surface area (Å²) >= 11 is 0. The SMILES string of the molecule is CC[C@H]1OC(=O)[C@H](C)C(=O)[C@H](C)[C@@H](O[C@@H]2O[C@H](C)C[C@H](N(C)C)[C@H]2O)[C@@]2(C)C[C@@H](C)C(=NC(C)=O)[C@H](C)[C@H](OC/C(=N\OCc3ccc4oc(OC)nc4c3)CO2)[C@]1(C)O. The van der Waals surface area contributed by atoms with Crippen molar-refractivity contribution in [2.45, 2.75) is 142 Å². The van der Waals surface area contributed by atoms with Crippen molar-refractivity contribution in [3.8, 4) is 6.08 Å². The molecule has 0 unspecified atom stereocenters. The van der Waals surface area contributed by atoms with E-state index in [0.29, 0.717) is 23.2 Å². The summed E-state index contributed by atoms with van der Waals surface area (Å²) in [6.45, 7) is 14.7. The summed E-state index contributed by atoms with van der Waals surface area (Å²) in [5, 5.41) is 28.6. The summed E-state index contributed by atoms with van der Waals surface area (Å²) < 4.78 is 43.1. The second kappa shape index (κ2) is 19.5. The summed E-state index contributed by atoms with van der Waals surface area (Å²) in [5.41, 5.74) is -0.757. The number of aliphatic hydroxyl groups excluding tert-OH is 1. The highest BCUT2D eigenvalue weighted by molar-refractivity contribution is 6.00. The van der Waals surface area contributed by atoms with E-state index in [0.717, 1.165) is 5.56 Å². The number of methoxy groups -OCH3 is 1. The van der Waals surface area contributed by atoms with Crippen molar-refractivity contribution in [3.63, 3.8) is 0 Å². The Morgan fingerprint density at radius 3 is 2.45 bits per heavy atom. The number of carbonyl (C=O) groups is 3. The largest absolute Gasteiger partial charge is 0.459 e. The second-order valence-corrected chi connectivity index (χ2v) is 17.3. The first-order valence-electron chi connectivity index (χ1n) is 20.8. The van der Waals surface area contributed by atoms with E-state index in [2.05, 4.69) is 15.1 Å². The van der Waals surface area contributed by atoms with Gasteiger partial charge in [0, 0.05) is 30.5 Å². The number of hydrogen-bond donors (Lipinski definition) is 2. The second-order valence-electron chi connectivity index (χ2n) is 17.3. The molecule has 17 nitrogen and oxygen atoms in total. The zero-order valence-electron chi connectivity index (χ0n) is 37.0. The number of ether oxygens (including phenoxy) is 6. The van der Waals surface area contributed by atoms with Gasteiger partial charge in [0.2, 0.25) is 5.91 Å². The number of hydrogen-bond acceptors (Lipinski definition) is 16. The van der Waals surface area contributed by atoms with Gasteiger partial charge in [-0.3, -0.25) is 14.4 Å². The van der Waals surface area contributed by atoms with Gasteiger partial charge in [-0.2, -0.15) is 4.98 Å². The highest BCUT2D eigenvalue weighted by Crippen LogP contribution is 2.40. The molecule has 1 amide bonds. The van der Waals surface area contributed by atoms with Crippen LogP contribution >= 0.6 is 0 Å². The van der Waals surface area contributed by atoms with Crippen LogP contribution in [0, 0.1) is 23.7 Å². The highest BCUT2D eigenvalue weighted by Gasteiger charge is 2.53. The molecule has 2 bridgehead atoms. The average molecular weight is 845 g/mol. The molecule has 13 atom stereocenters. The Labute approximate surface area is 352 Å². The van der Waals surface area contributed by atoms with Gasteiger partial charge in [-0.15, -0.1) is 0 Å². The third kappa shape index (κ3) is 10.4. The van der Waals surface area contributed by atoms with Crippen molar-refractivity contribution >= 4 is 40.2 Å². The summed E-state index contributed by atoms with van der Waals surface area (Å²) in [6, 6.07) is 5.01. The van der Waals surface area contributed by atoms with Crippen LogP contribution in [-0.4, -0.2) is 138 Å². The number of esters is 1. The predicted molar refractivity (Wildman–Crippen MR) is 219 cm³/mol. The standard InChI is InChI=1S/C43H64N4O13/c1-13-33-43(9,52)38-24(4)34(44-27(7)48)22(2)18-42(8,55-21-29(20-54-38)46-56-19-28-14-15-32-30(17-28)45-41(53-12)58-32)37(25(5)35(49)26(6)39(51)59-33)60-40-36(50)31(47(10)11)16-23(3)57-40/h14-15,17,22-26,31,33,36-38,40,50,52H,13,16,18-21H2,1-12H3/b44-34?,46-29+/t22-,23-,24+,25+,26-,31+,33-,36-,37-,38+,40+,42-,43-/m1/s1. The Morgan fingerprint density at radius 1 is 1.08 bits per heavy atom. The molecule has 3 aliphatic heterocycles. The third-order valence-electron chi connectivity index (χ3n) is 12.2. The molecule has 4 heterocycles. The van der Waals surface area contributed by atoms with Gasteiger partial charge >= 0.3 is 12.0 Å². The molecule has 5 rings (SSSR count). The van der Waals surface area contributed by atoms with Crippen LogP contribution in [0.4, 0.5) is 0 Å². The maximum absolute atomic E-state index is 14.5. The molecular formula is C43H64N4O13. The molecule has 0 aliphatic carbocycles. The summed E-state index contributed by atoms with van der Waals surface area (Å²) in [4.78, 5) is 57.8. The maximum atomic E-state index is 14.5. The molecule has 3 aliphatic rings. The number of oxazole rings is 1. The van der Waals surface area contributed by atoms with Gasteiger partial charge < -0.3 is 52.8 Å². The number of aromatic nitrogens is 1. The smallest absolute Gasteiger partial charge is 0.394 e. The van der Waals surface area contributed by atoms with Crippen LogP contribution in [0.1, 0.15) is 87.1 Å². The fourth-order valence-electron chi connectivity index (χ4n) is 8.93. The zero-order chi connectivity index (χ0) is 44.3. The molecule has 1 aromatic carbocycles. The van der Waals surface area contributed by atoms with E-state index in [1.54, 1.807) is 45.9 Å². The van der Waals surface area contributed by atoms with Crippen molar-refractivity contribution in [2.24, 2.45) is 33.8 Å². The first kappa shape index (κ1) is 47.2. The summed E-state index contributed by atoms with van der Waals surface area (Å²) in [5.74, 6) is -5.38. The van der Waals surface area contributed by atoms with Gasteiger partial charge in [0.05, 0.1) is 44.2 Å². The van der Waals surface area contributed by atoms with E-state index in [1.165, 1.54) is 27.9 Å². The van der Waals surface area contributed by atoms with Crippen molar-refractivity contribution in [3.05, 3.63) is 23.8 Å². The molecule has 1 aromatic heterocycles. The number of rotatable bonds is 8. The lowest BCUT2D eigenvalue weighted by atomic mass is 9.73. The number of oxime groups is 1. The first-order chi connectivity index (χ1) is 28.2. The average Bonchev–Trinajstić information content (AvgIpc) is 3.61. The monoisotopic (exact) mass is 844 g/mol. The number of ketones is 1. The Morgan fingerprint density at radius 2 is 1.80 bits per heavy atom. The Kier molecular flexibility index (Phi) is 15.3. The number of Topliss-reactive ketones (excluding diaryl/α,β-unsaturated/α-hetero) is 1. The van der Waals surface area contributed by atoms with Gasteiger partial charge in [-0.1, -0.05) is 38.9 Å². The maximum Gasteiger partial charge on any atom is 0.394 e. The van der Waals surface area contributed by atoms with Crippen molar-refractivity contribution in [2.75, 3.05) is 34.4 Å². The fraction of sp³-hybridized carbons (Fsp3) is 0.721. The molecule has 0 saturated carbocycles. The minimum absolute atomic E-state index is 0.0288. The van der Waals surface area contributed by atoms with Gasteiger partial charge in [0.1, 0.15) is 41.6 Å². The van der Waals surface area contributed by atoms with Crippen molar-refractivity contribution in [1.29, 1.82) is 0 Å². The molecule has 2 N–H and O–H groups in total. The molecule has 334 valence electrons. The van der Waals surface area contributed by atoms with Crippen LogP contribution in [0.2, 0.25) is 0 Å². The topological polar surface area (TPSA) is 210 Å². The van der Waals surface area contributed by atoms with Gasteiger partial charge in [-0.05, 0) is 84.7 Å². The molecular weight excluding hydrogens is 780 g/mol. The van der Waals surface area contributed by atoms with Crippen LogP contribution < -0.4 is 4.74 Å². The van der Waals surface area contributed by atoms with Crippen LogP contribution in [0.5, 0.6) is 6.08 Å². The predicted octanol–water partition coefficient (Wildman–Crippen LogP) is 4.27. The number of carbonyl (C=O) groups excluding carboxylic acids is 3. The Balaban J connectivity index is 1.65. The number of fused-ring (bicyclic) bond motifs is 6. The summed E-state index contributed by atoms with van der Waals surface area (Å²) in [6.07, 6.45) is -5.07. The molecule has 3 saturated heterocycles. The van der Waals surface area contributed by atoms with E-state index >= 15 is 0 Å².